The highest BCUT2D eigenvalue weighted by Crippen LogP contribution is 2.30. The molecule has 6 nitrogen and oxygen atoms in total. The Balaban J connectivity index is 1.40. The first kappa shape index (κ1) is 16.2. The van der Waals surface area contributed by atoms with Crippen molar-refractivity contribution in [1.29, 1.82) is 5.26 Å². The van der Waals surface area contributed by atoms with E-state index >= 15 is 0 Å². The van der Waals surface area contributed by atoms with Crippen LogP contribution in [0, 0.1) is 11.3 Å². The van der Waals surface area contributed by atoms with Crippen molar-refractivity contribution in [2.24, 2.45) is 0 Å². The smallest absolute Gasteiger partial charge is 0.137 e. The van der Waals surface area contributed by atoms with Crippen LogP contribution in [0.2, 0.25) is 0 Å². The summed E-state index contributed by atoms with van der Waals surface area (Å²) in [6.45, 7) is 2.15. The molecular formula is C19H23N5O. The molecule has 0 bridgehead atoms. The molecule has 2 heterocycles. The monoisotopic (exact) mass is 337 g/mol. The fraction of sp³-hybridized carbons (Fsp3) is 0.526. The second-order valence-electron chi connectivity index (χ2n) is 7.03. The normalized spacial score (nSPS) is 24.6. The molecule has 4 rings (SSSR count). The fourth-order valence-corrected chi connectivity index (χ4v) is 3.94. The molecule has 130 valence electrons. The number of aromatic nitrogens is 2. The van der Waals surface area contributed by atoms with Gasteiger partial charge < -0.3 is 10.1 Å². The molecule has 2 fully saturated rings. The van der Waals surface area contributed by atoms with Gasteiger partial charge in [0.2, 0.25) is 0 Å². The summed E-state index contributed by atoms with van der Waals surface area (Å²) in [6, 6.07) is 8.86. The maximum absolute atomic E-state index is 9.13. The van der Waals surface area contributed by atoms with E-state index in [-0.39, 0.29) is 0 Å². The summed E-state index contributed by atoms with van der Waals surface area (Å²) in [5.41, 5.74) is 1.51. The van der Waals surface area contributed by atoms with E-state index < -0.39 is 0 Å². The number of methoxy groups -OCH3 is 1. The van der Waals surface area contributed by atoms with Gasteiger partial charge in [0.1, 0.15) is 12.1 Å². The largest absolute Gasteiger partial charge is 0.379 e. The molecule has 2 aliphatic rings. The van der Waals surface area contributed by atoms with Gasteiger partial charge >= 0.3 is 0 Å². The van der Waals surface area contributed by atoms with Gasteiger partial charge in [0.15, 0.2) is 0 Å². The Morgan fingerprint density at radius 3 is 2.72 bits per heavy atom. The Morgan fingerprint density at radius 2 is 2.00 bits per heavy atom. The third-order valence-corrected chi connectivity index (χ3v) is 5.53. The standard InChI is InChI=1S/C19H23N5O/c1-25-16-10-24(11-16)15-5-3-14(4-6-15)23-19-17-8-13(9-20)2-7-18(17)21-12-22-19/h2,7-8,12,14-16H,3-6,10-11H2,1H3,(H,21,22,23)/t14-,15-. The van der Waals surface area contributed by atoms with Gasteiger partial charge in [0, 0.05) is 37.7 Å². The predicted molar refractivity (Wildman–Crippen MR) is 96.3 cm³/mol. The zero-order valence-corrected chi connectivity index (χ0v) is 14.5. The SMILES string of the molecule is COC1CN([C@H]2CC[C@H](Nc3ncnc4ccc(C#N)cc34)CC2)C1. The second kappa shape index (κ2) is 6.95. The number of nitriles is 1. The molecule has 1 aliphatic carbocycles. The van der Waals surface area contributed by atoms with E-state index in [1.165, 1.54) is 12.8 Å². The van der Waals surface area contributed by atoms with E-state index in [0.29, 0.717) is 23.8 Å². The van der Waals surface area contributed by atoms with Crippen LogP contribution in [-0.4, -0.2) is 53.3 Å². The summed E-state index contributed by atoms with van der Waals surface area (Å²) in [4.78, 5) is 11.3. The number of benzene rings is 1. The van der Waals surface area contributed by atoms with Crippen LogP contribution in [-0.2, 0) is 4.74 Å². The number of hydrogen-bond donors (Lipinski definition) is 1. The molecule has 0 amide bonds. The van der Waals surface area contributed by atoms with Crippen LogP contribution in [0.5, 0.6) is 0 Å². The minimum absolute atomic E-state index is 0.428. The lowest BCUT2D eigenvalue weighted by molar-refractivity contribution is -0.0574. The third kappa shape index (κ3) is 3.30. The van der Waals surface area contributed by atoms with E-state index in [0.717, 1.165) is 42.7 Å². The van der Waals surface area contributed by atoms with Crippen molar-refractivity contribution in [1.82, 2.24) is 14.9 Å². The van der Waals surface area contributed by atoms with Crippen LogP contribution < -0.4 is 5.32 Å². The molecule has 1 saturated heterocycles. The van der Waals surface area contributed by atoms with E-state index in [2.05, 4.69) is 26.3 Å². The van der Waals surface area contributed by atoms with E-state index in [1.54, 1.807) is 19.5 Å². The van der Waals surface area contributed by atoms with Gasteiger partial charge in [-0.3, -0.25) is 4.90 Å². The zero-order chi connectivity index (χ0) is 17.2. The first-order valence-electron chi connectivity index (χ1n) is 8.95. The van der Waals surface area contributed by atoms with Crippen LogP contribution >= 0.6 is 0 Å². The van der Waals surface area contributed by atoms with Crippen molar-refractivity contribution >= 4 is 16.7 Å². The van der Waals surface area contributed by atoms with Crippen molar-refractivity contribution in [3.63, 3.8) is 0 Å². The van der Waals surface area contributed by atoms with Crippen LogP contribution in [0.4, 0.5) is 5.82 Å². The quantitative estimate of drug-likeness (QED) is 0.924. The molecule has 25 heavy (non-hydrogen) atoms. The lowest BCUT2D eigenvalue weighted by atomic mass is 9.88. The van der Waals surface area contributed by atoms with Crippen LogP contribution in [0.1, 0.15) is 31.2 Å². The number of rotatable bonds is 4. The molecular weight excluding hydrogens is 314 g/mol. The molecule has 1 aromatic carbocycles. The molecule has 6 heteroatoms. The maximum atomic E-state index is 9.13. The van der Waals surface area contributed by atoms with E-state index in [9.17, 15) is 0 Å². The molecule has 1 N–H and O–H groups in total. The summed E-state index contributed by atoms with van der Waals surface area (Å²) in [5, 5.41) is 13.6. The number of fused-ring (bicyclic) bond motifs is 1. The zero-order valence-electron chi connectivity index (χ0n) is 14.5. The summed E-state index contributed by atoms with van der Waals surface area (Å²) in [6.07, 6.45) is 6.72. The Bertz CT molecular complexity index is 788. The van der Waals surface area contributed by atoms with Gasteiger partial charge in [-0.2, -0.15) is 5.26 Å². The average Bonchev–Trinajstić information content (AvgIpc) is 2.62. The summed E-state index contributed by atoms with van der Waals surface area (Å²) >= 11 is 0. The minimum Gasteiger partial charge on any atom is -0.379 e. The van der Waals surface area contributed by atoms with Crippen molar-refractivity contribution in [3.05, 3.63) is 30.1 Å². The van der Waals surface area contributed by atoms with E-state index in [4.69, 9.17) is 10.00 Å². The Hall–Kier alpha value is -2.23. The van der Waals surface area contributed by atoms with Gasteiger partial charge in [-0.15, -0.1) is 0 Å². The van der Waals surface area contributed by atoms with Gasteiger partial charge in [0.25, 0.3) is 0 Å². The van der Waals surface area contributed by atoms with Crippen molar-refractivity contribution < 1.29 is 4.74 Å². The molecule has 2 aromatic rings. The van der Waals surface area contributed by atoms with Crippen molar-refractivity contribution in [2.45, 2.75) is 43.9 Å². The van der Waals surface area contributed by atoms with Crippen LogP contribution in [0.3, 0.4) is 0 Å². The molecule has 0 spiro atoms. The number of anilines is 1. The summed E-state index contributed by atoms with van der Waals surface area (Å²) in [5.74, 6) is 0.842. The topological polar surface area (TPSA) is 74.1 Å². The Labute approximate surface area is 147 Å². The number of nitrogens with zero attached hydrogens (tertiary/aromatic N) is 4. The van der Waals surface area contributed by atoms with Gasteiger partial charge in [-0.25, -0.2) is 9.97 Å². The second-order valence-corrected chi connectivity index (χ2v) is 7.03. The first-order valence-corrected chi connectivity index (χ1v) is 8.95. The Kier molecular flexibility index (Phi) is 4.51. The van der Waals surface area contributed by atoms with Crippen LogP contribution in [0.15, 0.2) is 24.5 Å². The van der Waals surface area contributed by atoms with Crippen LogP contribution in [0.25, 0.3) is 10.9 Å². The van der Waals surface area contributed by atoms with Gasteiger partial charge in [0.05, 0.1) is 23.3 Å². The summed E-state index contributed by atoms with van der Waals surface area (Å²) < 4.78 is 5.38. The summed E-state index contributed by atoms with van der Waals surface area (Å²) in [7, 11) is 1.80. The lowest BCUT2D eigenvalue weighted by Gasteiger charge is -2.46. The lowest BCUT2D eigenvalue weighted by Crippen LogP contribution is -2.57. The van der Waals surface area contributed by atoms with Crippen molar-refractivity contribution in [3.8, 4) is 6.07 Å². The van der Waals surface area contributed by atoms with E-state index in [1.807, 2.05) is 12.1 Å². The minimum atomic E-state index is 0.428. The Morgan fingerprint density at radius 1 is 1.20 bits per heavy atom. The average molecular weight is 337 g/mol. The van der Waals surface area contributed by atoms with Gasteiger partial charge in [-0.05, 0) is 43.9 Å². The molecule has 0 atom stereocenters. The molecule has 1 aliphatic heterocycles. The highest BCUT2D eigenvalue weighted by atomic mass is 16.5. The molecule has 1 aromatic heterocycles. The first-order chi connectivity index (χ1) is 12.3. The number of ether oxygens (including phenoxy) is 1. The third-order valence-electron chi connectivity index (χ3n) is 5.53. The molecule has 1 saturated carbocycles. The number of hydrogen-bond acceptors (Lipinski definition) is 6. The van der Waals surface area contributed by atoms with Crippen molar-refractivity contribution in [2.75, 3.05) is 25.5 Å². The highest BCUT2D eigenvalue weighted by Gasteiger charge is 2.34. The maximum Gasteiger partial charge on any atom is 0.137 e. The highest BCUT2D eigenvalue weighted by molar-refractivity contribution is 5.89. The number of nitrogens with one attached hydrogen (secondary N) is 1. The molecule has 0 radical (unpaired) electrons. The number of likely N-dealkylation sites (tertiary alicyclic amines) is 1. The van der Waals surface area contributed by atoms with Gasteiger partial charge in [-0.1, -0.05) is 0 Å². The predicted octanol–water partition coefficient (Wildman–Crippen LogP) is 2.56. The molecule has 0 unspecified atom stereocenters. The fourth-order valence-electron chi connectivity index (χ4n) is 3.94.